The lowest BCUT2D eigenvalue weighted by Crippen LogP contribution is -2.24. The second-order valence-electron chi connectivity index (χ2n) is 3.24. The summed E-state index contributed by atoms with van der Waals surface area (Å²) < 4.78 is 0.543. The van der Waals surface area contributed by atoms with Crippen LogP contribution in [0.5, 0.6) is 0 Å². The van der Waals surface area contributed by atoms with Crippen LogP contribution in [0.25, 0.3) is 0 Å². The molecule has 72 valence electrons. The van der Waals surface area contributed by atoms with E-state index in [1.807, 2.05) is 0 Å². The molecule has 0 unspecified atom stereocenters. The van der Waals surface area contributed by atoms with Crippen molar-refractivity contribution in [2.75, 3.05) is 6.54 Å². The SMILES string of the molecule is CCN(Cc1nnc(Cl)s1)C1CC1. The Morgan fingerprint density at radius 2 is 2.31 bits per heavy atom. The van der Waals surface area contributed by atoms with Gasteiger partial charge < -0.3 is 0 Å². The van der Waals surface area contributed by atoms with Gasteiger partial charge in [0.1, 0.15) is 5.01 Å². The van der Waals surface area contributed by atoms with E-state index in [-0.39, 0.29) is 0 Å². The molecule has 3 nitrogen and oxygen atoms in total. The lowest BCUT2D eigenvalue weighted by Gasteiger charge is -2.17. The maximum atomic E-state index is 5.71. The molecule has 2 rings (SSSR count). The molecule has 1 heterocycles. The van der Waals surface area contributed by atoms with E-state index in [9.17, 15) is 0 Å². The highest BCUT2D eigenvalue weighted by Gasteiger charge is 2.28. The average Bonchev–Trinajstić information content (AvgIpc) is 2.87. The van der Waals surface area contributed by atoms with E-state index in [4.69, 9.17) is 11.6 Å². The third-order valence-electron chi connectivity index (χ3n) is 2.25. The van der Waals surface area contributed by atoms with Crippen molar-refractivity contribution in [3.63, 3.8) is 0 Å². The third-order valence-corrected chi connectivity index (χ3v) is 3.25. The van der Waals surface area contributed by atoms with E-state index < -0.39 is 0 Å². The Balaban J connectivity index is 1.95. The van der Waals surface area contributed by atoms with Gasteiger partial charge in [-0.25, -0.2) is 0 Å². The van der Waals surface area contributed by atoms with Crippen molar-refractivity contribution in [2.24, 2.45) is 0 Å². The standard InChI is InChI=1S/C8H12ClN3S/c1-2-12(6-3-4-6)5-7-10-11-8(9)13-7/h6H,2-5H2,1H3. The average molecular weight is 218 g/mol. The van der Waals surface area contributed by atoms with Crippen LogP contribution in [0.15, 0.2) is 0 Å². The van der Waals surface area contributed by atoms with Crippen LogP contribution in [0.4, 0.5) is 0 Å². The first-order chi connectivity index (χ1) is 6.29. The normalized spacial score (nSPS) is 16.8. The minimum Gasteiger partial charge on any atom is -0.294 e. The Kier molecular flexibility index (Phi) is 2.81. The van der Waals surface area contributed by atoms with Crippen molar-refractivity contribution < 1.29 is 0 Å². The summed E-state index contributed by atoms with van der Waals surface area (Å²) in [6.45, 7) is 4.17. The van der Waals surface area contributed by atoms with Crippen LogP contribution in [0, 0.1) is 0 Å². The van der Waals surface area contributed by atoms with Crippen molar-refractivity contribution in [1.29, 1.82) is 0 Å². The van der Waals surface area contributed by atoms with Gasteiger partial charge >= 0.3 is 0 Å². The highest BCUT2D eigenvalue weighted by molar-refractivity contribution is 7.15. The topological polar surface area (TPSA) is 29.0 Å². The fourth-order valence-electron chi connectivity index (χ4n) is 1.41. The van der Waals surface area contributed by atoms with E-state index >= 15 is 0 Å². The molecule has 1 aliphatic carbocycles. The number of halogens is 1. The zero-order valence-electron chi connectivity index (χ0n) is 7.53. The fraction of sp³-hybridized carbons (Fsp3) is 0.750. The van der Waals surface area contributed by atoms with Crippen molar-refractivity contribution in [3.05, 3.63) is 9.47 Å². The summed E-state index contributed by atoms with van der Waals surface area (Å²) in [5.74, 6) is 0. The van der Waals surface area contributed by atoms with Gasteiger partial charge in [-0.05, 0) is 31.0 Å². The maximum absolute atomic E-state index is 5.71. The van der Waals surface area contributed by atoms with Gasteiger partial charge in [0.05, 0.1) is 6.54 Å². The molecular weight excluding hydrogens is 206 g/mol. The molecule has 0 aliphatic heterocycles. The van der Waals surface area contributed by atoms with E-state index in [2.05, 4.69) is 22.0 Å². The van der Waals surface area contributed by atoms with Crippen LogP contribution in [-0.2, 0) is 6.54 Å². The van der Waals surface area contributed by atoms with Gasteiger partial charge in [-0.3, -0.25) is 4.90 Å². The van der Waals surface area contributed by atoms with Gasteiger partial charge in [0, 0.05) is 6.04 Å². The van der Waals surface area contributed by atoms with Crippen molar-refractivity contribution in [1.82, 2.24) is 15.1 Å². The van der Waals surface area contributed by atoms with Gasteiger partial charge in [0.2, 0.25) is 4.47 Å². The molecule has 0 saturated heterocycles. The van der Waals surface area contributed by atoms with Crippen LogP contribution < -0.4 is 0 Å². The van der Waals surface area contributed by atoms with Crippen molar-refractivity contribution in [3.8, 4) is 0 Å². The minimum atomic E-state index is 0.543. The second kappa shape index (κ2) is 3.90. The van der Waals surface area contributed by atoms with Crippen LogP contribution >= 0.6 is 22.9 Å². The number of nitrogens with zero attached hydrogens (tertiary/aromatic N) is 3. The molecule has 0 amide bonds. The van der Waals surface area contributed by atoms with Crippen molar-refractivity contribution in [2.45, 2.75) is 32.4 Å². The van der Waals surface area contributed by atoms with Gasteiger partial charge in [-0.1, -0.05) is 18.3 Å². The van der Waals surface area contributed by atoms with Gasteiger partial charge in [0.25, 0.3) is 0 Å². The zero-order chi connectivity index (χ0) is 9.26. The summed E-state index contributed by atoms with van der Waals surface area (Å²) in [6.07, 6.45) is 2.67. The first-order valence-corrected chi connectivity index (χ1v) is 5.71. The maximum Gasteiger partial charge on any atom is 0.207 e. The summed E-state index contributed by atoms with van der Waals surface area (Å²) in [6, 6.07) is 0.785. The fourth-order valence-corrected chi connectivity index (χ4v) is 2.30. The Bertz CT molecular complexity index is 285. The van der Waals surface area contributed by atoms with E-state index in [1.165, 1.54) is 24.2 Å². The third kappa shape index (κ3) is 2.39. The molecule has 0 aromatic carbocycles. The molecule has 1 aliphatic rings. The number of rotatable bonds is 4. The smallest absolute Gasteiger partial charge is 0.207 e. The number of hydrogen-bond acceptors (Lipinski definition) is 4. The lowest BCUT2D eigenvalue weighted by atomic mass is 10.4. The highest BCUT2D eigenvalue weighted by Crippen LogP contribution is 2.28. The highest BCUT2D eigenvalue weighted by atomic mass is 35.5. The Labute approximate surface area is 86.7 Å². The van der Waals surface area contributed by atoms with Crippen molar-refractivity contribution >= 4 is 22.9 Å². The molecule has 1 fully saturated rings. The minimum absolute atomic E-state index is 0.543. The first-order valence-electron chi connectivity index (χ1n) is 4.51. The molecule has 1 aromatic heterocycles. The Hall–Kier alpha value is -0.190. The molecule has 1 aromatic rings. The molecule has 0 atom stereocenters. The van der Waals surface area contributed by atoms with E-state index in [0.29, 0.717) is 4.47 Å². The zero-order valence-corrected chi connectivity index (χ0v) is 9.11. The monoisotopic (exact) mass is 217 g/mol. The number of hydrogen-bond donors (Lipinski definition) is 0. The van der Waals surface area contributed by atoms with Crippen LogP contribution in [0.2, 0.25) is 4.47 Å². The Morgan fingerprint density at radius 1 is 1.54 bits per heavy atom. The van der Waals surface area contributed by atoms with Crippen LogP contribution in [-0.4, -0.2) is 27.7 Å². The molecule has 1 saturated carbocycles. The van der Waals surface area contributed by atoms with E-state index in [1.54, 1.807) is 0 Å². The summed E-state index contributed by atoms with van der Waals surface area (Å²) in [5.41, 5.74) is 0. The second-order valence-corrected chi connectivity index (χ2v) is 4.89. The van der Waals surface area contributed by atoms with Gasteiger partial charge in [-0.2, -0.15) is 0 Å². The van der Waals surface area contributed by atoms with Crippen LogP contribution in [0.3, 0.4) is 0 Å². The predicted molar refractivity (Wildman–Crippen MR) is 54.0 cm³/mol. The molecule has 0 bridgehead atoms. The van der Waals surface area contributed by atoms with Gasteiger partial charge in [-0.15, -0.1) is 10.2 Å². The predicted octanol–water partition coefficient (Wildman–Crippen LogP) is 2.18. The molecule has 0 spiro atoms. The molecule has 0 radical (unpaired) electrons. The summed E-state index contributed by atoms with van der Waals surface area (Å²) >= 11 is 7.19. The largest absolute Gasteiger partial charge is 0.294 e. The Morgan fingerprint density at radius 3 is 2.77 bits per heavy atom. The summed E-state index contributed by atoms with van der Waals surface area (Å²) in [4.78, 5) is 2.43. The quantitative estimate of drug-likeness (QED) is 0.774. The summed E-state index contributed by atoms with van der Waals surface area (Å²) in [7, 11) is 0. The van der Waals surface area contributed by atoms with E-state index in [0.717, 1.165) is 24.1 Å². The molecule has 0 N–H and O–H groups in total. The lowest BCUT2D eigenvalue weighted by molar-refractivity contribution is 0.268. The number of aromatic nitrogens is 2. The van der Waals surface area contributed by atoms with Crippen LogP contribution in [0.1, 0.15) is 24.8 Å². The molecule has 5 heteroatoms. The van der Waals surface area contributed by atoms with Gasteiger partial charge in [0.15, 0.2) is 0 Å². The molecular formula is C8H12ClN3S. The first kappa shape index (κ1) is 9.37. The summed E-state index contributed by atoms with van der Waals surface area (Å²) in [5, 5.41) is 8.83. The molecule has 13 heavy (non-hydrogen) atoms.